The van der Waals surface area contributed by atoms with Crippen LogP contribution in [0.4, 0.5) is 4.79 Å². The molecule has 0 unspecified atom stereocenters. The molecule has 33 heavy (non-hydrogen) atoms. The molecule has 1 amide bonds. The lowest BCUT2D eigenvalue weighted by atomic mass is 9.86. The molecular formula is C23H31N3O5S2. The van der Waals surface area contributed by atoms with Crippen LogP contribution < -0.4 is 0 Å². The van der Waals surface area contributed by atoms with Crippen molar-refractivity contribution < 1.29 is 22.1 Å². The van der Waals surface area contributed by atoms with E-state index in [0.29, 0.717) is 19.6 Å². The molecule has 1 fully saturated rings. The molecule has 2 aliphatic heterocycles. The molecule has 10 heteroatoms. The lowest BCUT2D eigenvalue weighted by Gasteiger charge is -2.43. The Morgan fingerprint density at radius 3 is 2.58 bits per heavy atom. The van der Waals surface area contributed by atoms with Gasteiger partial charge in [0, 0.05) is 35.3 Å². The summed E-state index contributed by atoms with van der Waals surface area (Å²) in [4.78, 5) is 15.6. The zero-order chi connectivity index (χ0) is 24.0. The highest BCUT2D eigenvalue weighted by molar-refractivity contribution is 8.00. The summed E-state index contributed by atoms with van der Waals surface area (Å²) in [5, 5.41) is 4.82. The molecule has 8 nitrogen and oxygen atoms in total. The predicted octanol–water partition coefficient (Wildman–Crippen LogP) is 4.17. The number of carbonyl (C=O) groups is 1. The number of aromatic nitrogens is 2. The first-order chi connectivity index (χ1) is 15.4. The Morgan fingerprint density at radius 2 is 1.94 bits per heavy atom. The van der Waals surface area contributed by atoms with Crippen molar-refractivity contribution in [3.8, 4) is 11.3 Å². The average Bonchev–Trinajstić information content (AvgIpc) is 3.11. The Morgan fingerprint density at radius 1 is 1.24 bits per heavy atom. The van der Waals surface area contributed by atoms with Gasteiger partial charge in [0.05, 0.1) is 29.8 Å². The van der Waals surface area contributed by atoms with Gasteiger partial charge in [-0.25, -0.2) is 4.79 Å². The monoisotopic (exact) mass is 493 g/mol. The zero-order valence-electron chi connectivity index (χ0n) is 19.8. The van der Waals surface area contributed by atoms with Gasteiger partial charge in [0.2, 0.25) is 0 Å². The molecule has 0 atom stereocenters. The topological polar surface area (TPSA) is 90.7 Å². The van der Waals surface area contributed by atoms with E-state index in [0.717, 1.165) is 35.9 Å². The van der Waals surface area contributed by atoms with Crippen LogP contribution in [-0.4, -0.2) is 60.7 Å². The Hall–Kier alpha value is -2.04. The van der Waals surface area contributed by atoms with Gasteiger partial charge in [-0.05, 0) is 52.2 Å². The number of thioether (sulfide) groups is 1. The Kier molecular flexibility index (Phi) is 6.30. The first kappa shape index (κ1) is 24.1. The molecule has 4 rings (SSSR count). The minimum Gasteiger partial charge on any atom is -0.444 e. The van der Waals surface area contributed by atoms with Crippen LogP contribution in [0.5, 0.6) is 0 Å². The van der Waals surface area contributed by atoms with Gasteiger partial charge in [-0.15, -0.1) is 11.8 Å². The lowest BCUT2D eigenvalue weighted by Crippen LogP contribution is -2.46. The number of amides is 1. The van der Waals surface area contributed by atoms with Crippen LogP contribution in [0.2, 0.25) is 0 Å². The summed E-state index contributed by atoms with van der Waals surface area (Å²) in [5.41, 5.74) is 3.81. The first-order valence-electron chi connectivity index (χ1n) is 11.1. The molecule has 2 aliphatic rings. The van der Waals surface area contributed by atoms with E-state index in [9.17, 15) is 13.2 Å². The summed E-state index contributed by atoms with van der Waals surface area (Å²) in [5.74, 6) is 0. The third kappa shape index (κ3) is 5.38. The quantitative estimate of drug-likeness (QED) is 0.591. The first-order valence-corrected chi connectivity index (χ1v) is 13.7. The maximum atomic E-state index is 12.6. The van der Waals surface area contributed by atoms with E-state index < -0.39 is 15.7 Å². The van der Waals surface area contributed by atoms with Crippen molar-refractivity contribution in [2.75, 3.05) is 26.0 Å². The smallest absolute Gasteiger partial charge is 0.410 e. The van der Waals surface area contributed by atoms with E-state index in [1.165, 1.54) is 10.5 Å². The standard InChI is InChI=1S/C23H31N3O5S2/c1-16-6-7-17-19(14-16)32-23(8-10-25(11-9-23)21(27)31-22(2,3)4)18-15-26(24-20(17)18)12-13-30-33(5,28)29/h6-7,14-15H,8-13H2,1-5H3. The van der Waals surface area contributed by atoms with Gasteiger partial charge in [0.1, 0.15) is 5.60 Å². The summed E-state index contributed by atoms with van der Waals surface area (Å²) in [6.07, 6.45) is 4.35. The highest BCUT2D eigenvalue weighted by Crippen LogP contribution is 2.57. The van der Waals surface area contributed by atoms with Crippen LogP contribution in [0.3, 0.4) is 0 Å². The zero-order valence-corrected chi connectivity index (χ0v) is 21.4. The molecule has 0 bridgehead atoms. The minimum atomic E-state index is -3.50. The highest BCUT2D eigenvalue weighted by atomic mass is 32.2. The molecule has 0 radical (unpaired) electrons. The summed E-state index contributed by atoms with van der Waals surface area (Å²) in [6, 6.07) is 6.37. The number of aryl methyl sites for hydroxylation is 1. The predicted molar refractivity (Wildman–Crippen MR) is 128 cm³/mol. The second kappa shape index (κ2) is 8.63. The van der Waals surface area contributed by atoms with Crippen LogP contribution in [-0.2, 0) is 30.3 Å². The van der Waals surface area contributed by atoms with E-state index in [2.05, 4.69) is 25.1 Å². The number of nitrogens with zero attached hydrogens (tertiary/aromatic N) is 3. The molecule has 1 saturated heterocycles. The highest BCUT2D eigenvalue weighted by Gasteiger charge is 2.45. The Bertz CT molecular complexity index is 1160. The van der Waals surface area contributed by atoms with Crippen molar-refractivity contribution in [2.24, 2.45) is 0 Å². The largest absolute Gasteiger partial charge is 0.444 e. The van der Waals surface area contributed by atoms with Gasteiger partial charge in [-0.3, -0.25) is 8.86 Å². The van der Waals surface area contributed by atoms with Crippen LogP contribution >= 0.6 is 11.8 Å². The van der Waals surface area contributed by atoms with Gasteiger partial charge in [0.15, 0.2) is 0 Å². The fourth-order valence-corrected chi connectivity index (χ4v) is 6.24. The van der Waals surface area contributed by atoms with Crippen molar-refractivity contribution >= 4 is 28.0 Å². The molecule has 3 heterocycles. The van der Waals surface area contributed by atoms with E-state index in [1.54, 1.807) is 9.58 Å². The molecule has 1 aromatic carbocycles. The van der Waals surface area contributed by atoms with Crippen LogP contribution in [0.25, 0.3) is 11.3 Å². The summed E-state index contributed by atoms with van der Waals surface area (Å²) < 4.78 is 34.7. The van der Waals surface area contributed by atoms with Crippen LogP contribution in [0.1, 0.15) is 44.7 Å². The molecule has 180 valence electrons. The SMILES string of the molecule is Cc1ccc2c(c1)SC1(CCN(C(=O)OC(C)(C)C)CC1)c1cn(CCOS(C)(=O)=O)nc1-2. The van der Waals surface area contributed by atoms with Crippen molar-refractivity contribution in [3.63, 3.8) is 0 Å². The van der Waals surface area contributed by atoms with E-state index in [-0.39, 0.29) is 17.4 Å². The van der Waals surface area contributed by atoms with Gasteiger partial charge in [-0.1, -0.05) is 12.1 Å². The number of carbonyl (C=O) groups excluding carboxylic acids is 1. The maximum Gasteiger partial charge on any atom is 0.410 e. The van der Waals surface area contributed by atoms with Crippen molar-refractivity contribution in [1.29, 1.82) is 0 Å². The van der Waals surface area contributed by atoms with Gasteiger partial charge in [0.25, 0.3) is 10.1 Å². The van der Waals surface area contributed by atoms with Crippen molar-refractivity contribution in [1.82, 2.24) is 14.7 Å². The number of likely N-dealkylation sites (tertiary alicyclic amines) is 1. The van der Waals surface area contributed by atoms with Crippen LogP contribution in [0.15, 0.2) is 29.3 Å². The summed E-state index contributed by atoms with van der Waals surface area (Å²) in [7, 11) is -3.50. The normalized spacial score (nSPS) is 17.5. The van der Waals surface area contributed by atoms with E-state index >= 15 is 0 Å². The van der Waals surface area contributed by atoms with Crippen molar-refractivity contribution in [2.45, 2.75) is 62.3 Å². The molecule has 0 N–H and O–H groups in total. The van der Waals surface area contributed by atoms with Gasteiger partial charge in [-0.2, -0.15) is 13.5 Å². The van der Waals surface area contributed by atoms with E-state index in [4.69, 9.17) is 14.0 Å². The number of benzene rings is 1. The maximum absolute atomic E-state index is 12.6. The second-order valence-corrected chi connectivity index (χ2v) is 12.8. The van der Waals surface area contributed by atoms with Crippen LogP contribution in [0, 0.1) is 6.92 Å². The fraction of sp³-hybridized carbons (Fsp3) is 0.565. The molecule has 2 aromatic rings. The van der Waals surface area contributed by atoms with E-state index in [1.807, 2.05) is 38.7 Å². The number of hydrogen-bond donors (Lipinski definition) is 0. The Labute approximate surface area is 199 Å². The number of ether oxygens (including phenoxy) is 1. The molecule has 0 aliphatic carbocycles. The minimum absolute atomic E-state index is 0.0344. The number of rotatable bonds is 4. The molecule has 0 saturated carbocycles. The summed E-state index contributed by atoms with van der Waals surface area (Å²) in [6.45, 7) is 9.28. The second-order valence-electron chi connectivity index (χ2n) is 9.74. The average molecular weight is 494 g/mol. The molecule has 1 spiro atoms. The third-order valence-electron chi connectivity index (χ3n) is 5.79. The molecule has 1 aromatic heterocycles. The molecular weight excluding hydrogens is 462 g/mol. The van der Waals surface area contributed by atoms with Gasteiger partial charge < -0.3 is 9.64 Å². The fourth-order valence-electron chi connectivity index (χ4n) is 4.27. The number of hydrogen-bond acceptors (Lipinski definition) is 7. The number of piperidine rings is 1. The van der Waals surface area contributed by atoms with Gasteiger partial charge >= 0.3 is 6.09 Å². The Balaban J connectivity index is 1.61. The lowest BCUT2D eigenvalue weighted by molar-refractivity contribution is 0.0196. The number of fused-ring (bicyclic) bond motifs is 4. The third-order valence-corrected chi connectivity index (χ3v) is 7.96. The summed E-state index contributed by atoms with van der Waals surface area (Å²) >= 11 is 1.85. The van der Waals surface area contributed by atoms with Crippen molar-refractivity contribution in [3.05, 3.63) is 35.5 Å².